The number of fused-ring (bicyclic) bond motifs is 1. The number of nitrogens with zero attached hydrogens (tertiary/aromatic N) is 4. The Hall–Kier alpha value is -2.79. The average molecular weight is 578 g/mol. The van der Waals surface area contributed by atoms with Crippen LogP contribution in [0.1, 0.15) is 82.3 Å². The van der Waals surface area contributed by atoms with Crippen LogP contribution in [0.15, 0.2) is 36.7 Å². The van der Waals surface area contributed by atoms with Crippen molar-refractivity contribution in [1.29, 1.82) is 5.26 Å². The summed E-state index contributed by atoms with van der Waals surface area (Å²) in [6.07, 6.45) is 12.6. The van der Waals surface area contributed by atoms with E-state index in [1.54, 1.807) is 6.20 Å². The molecule has 0 saturated carbocycles. The zero-order valence-corrected chi connectivity index (χ0v) is 25.3. The summed E-state index contributed by atoms with van der Waals surface area (Å²) in [5.41, 5.74) is 3.93. The maximum absolute atomic E-state index is 9.51. The third-order valence-electron chi connectivity index (χ3n) is 8.70. The lowest BCUT2D eigenvalue weighted by atomic mass is 9.91. The number of pyridine rings is 1. The first-order valence-electron chi connectivity index (χ1n) is 15.5. The molecule has 41 heavy (non-hydrogen) atoms. The van der Waals surface area contributed by atoms with E-state index in [1.165, 1.54) is 5.56 Å². The van der Waals surface area contributed by atoms with Crippen LogP contribution >= 0.6 is 11.6 Å². The van der Waals surface area contributed by atoms with Crippen LogP contribution in [-0.4, -0.2) is 55.7 Å². The number of halogens is 1. The van der Waals surface area contributed by atoms with E-state index in [0.29, 0.717) is 22.4 Å². The van der Waals surface area contributed by atoms with Crippen molar-refractivity contribution in [3.8, 4) is 6.07 Å². The molecule has 5 rings (SSSR count). The second-order valence-electron chi connectivity index (χ2n) is 11.5. The zero-order valence-electron chi connectivity index (χ0n) is 24.6. The minimum absolute atomic E-state index is 0.0841. The molecule has 0 aliphatic carbocycles. The van der Waals surface area contributed by atoms with Gasteiger partial charge < -0.3 is 24.3 Å². The lowest BCUT2D eigenvalue weighted by Gasteiger charge is -2.37. The minimum Gasteiger partial charge on any atom is -0.369 e. The molecule has 3 aromatic rings. The number of hydrogen-bond acceptors (Lipinski definition) is 6. The third-order valence-corrected chi connectivity index (χ3v) is 9.01. The Labute approximate surface area is 249 Å². The molecule has 1 atom stereocenters. The standard InChI is InChI=1S/C33H44ClN5O2/c1-3-5-18-40-33(41-19-6-4-2)24-13-16-38(17-14-24)30-12-9-25(21-36-30)26-8-7-15-39(23-26)29-11-10-28(34)31-27(20-35)22-37-32(29)31/h9-12,21-22,24,26,33,37H,3-8,13-19,23H2,1-2H3. The molecule has 2 fully saturated rings. The Morgan fingerprint density at radius 1 is 1.02 bits per heavy atom. The van der Waals surface area contributed by atoms with Crippen LogP contribution in [0.5, 0.6) is 0 Å². The minimum atomic E-state index is -0.0841. The number of anilines is 2. The van der Waals surface area contributed by atoms with Gasteiger partial charge in [-0.3, -0.25) is 0 Å². The van der Waals surface area contributed by atoms with Crippen LogP contribution in [0.3, 0.4) is 0 Å². The summed E-state index contributed by atoms with van der Waals surface area (Å²) in [6.45, 7) is 9.82. The highest BCUT2D eigenvalue weighted by molar-refractivity contribution is 6.36. The summed E-state index contributed by atoms with van der Waals surface area (Å²) in [5.74, 6) is 1.91. The van der Waals surface area contributed by atoms with E-state index in [1.807, 2.05) is 6.07 Å². The normalized spacial score (nSPS) is 18.4. The SMILES string of the molecule is CCCCOC(OCCCC)C1CCN(c2ccc(C3CCCN(c4ccc(Cl)c5c(C#N)c[nH]c45)C3)cn2)CC1. The van der Waals surface area contributed by atoms with Crippen molar-refractivity contribution in [1.82, 2.24) is 9.97 Å². The number of nitriles is 1. The third kappa shape index (κ3) is 6.99. The maximum atomic E-state index is 9.51. The van der Waals surface area contributed by atoms with Gasteiger partial charge in [0.25, 0.3) is 0 Å². The van der Waals surface area contributed by atoms with Gasteiger partial charge in [0.15, 0.2) is 6.29 Å². The van der Waals surface area contributed by atoms with Crippen LogP contribution in [0.2, 0.25) is 5.02 Å². The van der Waals surface area contributed by atoms with Crippen molar-refractivity contribution >= 4 is 34.0 Å². The van der Waals surface area contributed by atoms with Gasteiger partial charge >= 0.3 is 0 Å². The molecule has 0 bridgehead atoms. The van der Waals surface area contributed by atoms with Crippen LogP contribution in [0.4, 0.5) is 11.5 Å². The highest BCUT2D eigenvalue weighted by atomic mass is 35.5. The first kappa shape index (κ1) is 29.7. The quantitative estimate of drug-likeness (QED) is 0.176. The van der Waals surface area contributed by atoms with E-state index in [4.69, 9.17) is 26.1 Å². The fourth-order valence-electron chi connectivity index (χ4n) is 6.25. The second kappa shape index (κ2) is 14.4. The lowest BCUT2D eigenvalue weighted by molar-refractivity contribution is -0.177. The van der Waals surface area contributed by atoms with Gasteiger partial charge in [-0.2, -0.15) is 5.26 Å². The van der Waals surface area contributed by atoms with Gasteiger partial charge in [-0.05, 0) is 62.3 Å². The number of aromatic nitrogens is 2. The zero-order chi connectivity index (χ0) is 28.6. The molecule has 1 aromatic carbocycles. The number of aromatic amines is 1. The maximum Gasteiger partial charge on any atom is 0.160 e. The Morgan fingerprint density at radius 3 is 2.44 bits per heavy atom. The van der Waals surface area contributed by atoms with Crippen molar-refractivity contribution in [2.45, 2.75) is 77.4 Å². The molecular weight excluding hydrogens is 534 g/mol. The van der Waals surface area contributed by atoms with Crippen molar-refractivity contribution < 1.29 is 9.47 Å². The highest BCUT2D eigenvalue weighted by Crippen LogP contribution is 2.37. The molecule has 0 amide bonds. The summed E-state index contributed by atoms with van der Waals surface area (Å²) in [7, 11) is 0. The number of H-pyrrole nitrogens is 1. The number of hydrogen-bond donors (Lipinski definition) is 1. The summed E-state index contributed by atoms with van der Waals surface area (Å²) in [6, 6.07) is 10.7. The number of unbranched alkanes of at least 4 members (excludes halogenated alkanes) is 2. The highest BCUT2D eigenvalue weighted by Gasteiger charge is 2.29. The first-order valence-corrected chi connectivity index (χ1v) is 15.9. The van der Waals surface area contributed by atoms with Crippen LogP contribution < -0.4 is 9.80 Å². The lowest BCUT2D eigenvalue weighted by Crippen LogP contribution is -2.40. The molecule has 1 unspecified atom stereocenters. The molecule has 220 valence electrons. The monoisotopic (exact) mass is 577 g/mol. The van der Waals surface area contributed by atoms with Crippen molar-refractivity contribution in [2.24, 2.45) is 5.92 Å². The summed E-state index contributed by atoms with van der Waals surface area (Å²) < 4.78 is 12.4. The van der Waals surface area contributed by atoms with Gasteiger partial charge in [0.05, 0.1) is 21.8 Å². The first-order chi connectivity index (χ1) is 20.1. The Balaban J connectivity index is 1.20. The van der Waals surface area contributed by atoms with E-state index in [2.05, 4.69) is 59.1 Å². The summed E-state index contributed by atoms with van der Waals surface area (Å²) in [4.78, 5) is 13.1. The molecule has 1 N–H and O–H groups in total. The summed E-state index contributed by atoms with van der Waals surface area (Å²) in [5, 5.41) is 10.9. The fraction of sp³-hybridized carbons (Fsp3) is 0.576. The summed E-state index contributed by atoms with van der Waals surface area (Å²) >= 11 is 6.46. The number of ether oxygens (including phenoxy) is 2. The molecule has 7 nitrogen and oxygen atoms in total. The predicted octanol–water partition coefficient (Wildman–Crippen LogP) is 7.65. The van der Waals surface area contributed by atoms with E-state index in [9.17, 15) is 5.26 Å². The average Bonchev–Trinajstić information content (AvgIpc) is 3.46. The molecular formula is C33H44ClN5O2. The molecule has 2 aliphatic rings. The van der Waals surface area contributed by atoms with E-state index >= 15 is 0 Å². The molecule has 0 spiro atoms. The van der Waals surface area contributed by atoms with Crippen molar-refractivity contribution in [2.75, 3.05) is 49.2 Å². The smallest absolute Gasteiger partial charge is 0.160 e. The number of benzene rings is 1. The van der Waals surface area contributed by atoms with Gasteiger partial charge in [0, 0.05) is 69.0 Å². The largest absolute Gasteiger partial charge is 0.369 e. The van der Waals surface area contributed by atoms with Crippen LogP contribution in [0, 0.1) is 17.2 Å². The van der Waals surface area contributed by atoms with Crippen molar-refractivity contribution in [3.63, 3.8) is 0 Å². The van der Waals surface area contributed by atoms with Gasteiger partial charge in [0.1, 0.15) is 11.9 Å². The van der Waals surface area contributed by atoms with Gasteiger partial charge in [-0.15, -0.1) is 0 Å². The van der Waals surface area contributed by atoms with E-state index in [0.717, 1.165) is 113 Å². The Morgan fingerprint density at radius 2 is 1.78 bits per heavy atom. The van der Waals surface area contributed by atoms with E-state index in [-0.39, 0.29) is 6.29 Å². The topological polar surface area (TPSA) is 77.4 Å². The van der Waals surface area contributed by atoms with E-state index < -0.39 is 0 Å². The Kier molecular flexibility index (Phi) is 10.4. The fourth-order valence-corrected chi connectivity index (χ4v) is 6.51. The molecule has 2 saturated heterocycles. The molecule has 2 aromatic heterocycles. The number of nitrogens with one attached hydrogen (secondary N) is 1. The predicted molar refractivity (Wildman–Crippen MR) is 167 cm³/mol. The van der Waals surface area contributed by atoms with Gasteiger partial charge in [0.2, 0.25) is 0 Å². The molecule has 2 aliphatic heterocycles. The van der Waals surface area contributed by atoms with Gasteiger partial charge in [-0.25, -0.2) is 4.98 Å². The number of rotatable bonds is 12. The molecule has 8 heteroatoms. The van der Waals surface area contributed by atoms with Crippen molar-refractivity contribution in [3.05, 3.63) is 52.8 Å². The second-order valence-corrected chi connectivity index (χ2v) is 11.9. The van der Waals surface area contributed by atoms with Crippen LogP contribution in [-0.2, 0) is 9.47 Å². The van der Waals surface area contributed by atoms with Gasteiger partial charge in [-0.1, -0.05) is 44.4 Å². The molecule has 4 heterocycles. The number of piperidine rings is 2. The van der Waals surface area contributed by atoms with Crippen LogP contribution in [0.25, 0.3) is 10.9 Å². The molecule has 0 radical (unpaired) electrons. The Bertz CT molecular complexity index is 1290.